The highest BCUT2D eigenvalue weighted by Gasteiger charge is 2.39. The van der Waals surface area contributed by atoms with Crippen molar-refractivity contribution in [3.63, 3.8) is 0 Å². The van der Waals surface area contributed by atoms with E-state index in [1.807, 2.05) is 31.2 Å². The Morgan fingerprint density at radius 1 is 1.15 bits per heavy atom. The number of anilines is 2. The summed E-state index contributed by atoms with van der Waals surface area (Å²) >= 11 is 0. The number of fused-ring (bicyclic) bond motifs is 3. The van der Waals surface area contributed by atoms with E-state index in [1.54, 1.807) is 18.2 Å². The first-order valence-electron chi connectivity index (χ1n) is 12.0. The quantitative estimate of drug-likeness (QED) is 0.605. The Morgan fingerprint density at radius 3 is 2.58 bits per heavy atom. The highest BCUT2D eigenvalue weighted by molar-refractivity contribution is 6.22. The first kappa shape index (κ1) is 23.0. The summed E-state index contributed by atoms with van der Waals surface area (Å²) in [7, 11) is 0. The Bertz CT molecular complexity index is 1080. The molecular weight excluding hydrogens is 414 g/mol. The maximum Gasteiger partial charge on any atom is 0.256 e. The Morgan fingerprint density at radius 2 is 1.88 bits per heavy atom. The second-order valence-electron chi connectivity index (χ2n) is 9.58. The number of carbonyl (C=O) groups excluding carboxylic acids is 3. The third kappa shape index (κ3) is 4.65. The van der Waals surface area contributed by atoms with Crippen LogP contribution in [0.5, 0.6) is 0 Å². The number of carbonyl (C=O) groups is 3. The number of nitrogens with one attached hydrogen (secondary N) is 1. The summed E-state index contributed by atoms with van der Waals surface area (Å²) < 4.78 is 0. The van der Waals surface area contributed by atoms with Crippen molar-refractivity contribution in [1.29, 1.82) is 0 Å². The van der Waals surface area contributed by atoms with E-state index in [4.69, 9.17) is 5.73 Å². The summed E-state index contributed by atoms with van der Waals surface area (Å²) in [5.74, 6) is -0.705. The minimum absolute atomic E-state index is 0.120. The average molecular weight is 448 g/mol. The van der Waals surface area contributed by atoms with E-state index < -0.39 is 17.9 Å². The lowest BCUT2D eigenvalue weighted by Crippen LogP contribution is -2.52. The number of hydrogen-bond acceptors (Lipinski definition) is 4. The van der Waals surface area contributed by atoms with Gasteiger partial charge in [-0.3, -0.25) is 14.4 Å². The zero-order valence-electron chi connectivity index (χ0n) is 19.6. The molecular formula is C27H33N3O3. The van der Waals surface area contributed by atoms with Gasteiger partial charge in [-0.1, -0.05) is 50.6 Å². The van der Waals surface area contributed by atoms with Crippen LogP contribution in [-0.2, 0) is 14.4 Å². The number of nitrogens with zero attached hydrogens (tertiary/aromatic N) is 1. The van der Waals surface area contributed by atoms with E-state index in [0.717, 1.165) is 30.4 Å². The summed E-state index contributed by atoms with van der Waals surface area (Å²) in [4.78, 5) is 41.6. The molecule has 33 heavy (non-hydrogen) atoms. The van der Waals surface area contributed by atoms with E-state index in [0.29, 0.717) is 35.7 Å². The maximum atomic E-state index is 14.0. The first-order valence-corrected chi connectivity index (χ1v) is 12.0. The van der Waals surface area contributed by atoms with Crippen molar-refractivity contribution < 1.29 is 14.4 Å². The Hall–Kier alpha value is -3.15. The number of benzene rings is 2. The van der Waals surface area contributed by atoms with Crippen molar-refractivity contribution >= 4 is 29.1 Å². The van der Waals surface area contributed by atoms with Gasteiger partial charge in [0.05, 0.1) is 11.6 Å². The number of nitrogen functional groups attached to an aromatic ring is 1. The average Bonchev–Trinajstić information content (AvgIpc) is 3.62. The minimum atomic E-state index is -0.766. The monoisotopic (exact) mass is 447 g/mol. The van der Waals surface area contributed by atoms with Crippen LogP contribution in [-0.4, -0.2) is 23.8 Å². The molecule has 2 aliphatic rings. The topological polar surface area (TPSA) is 92.5 Å². The van der Waals surface area contributed by atoms with Gasteiger partial charge in [0.1, 0.15) is 6.04 Å². The van der Waals surface area contributed by atoms with Crippen molar-refractivity contribution in [1.82, 2.24) is 5.32 Å². The van der Waals surface area contributed by atoms with Gasteiger partial charge in [0.15, 0.2) is 0 Å². The third-order valence-corrected chi connectivity index (χ3v) is 6.96. The van der Waals surface area contributed by atoms with E-state index in [2.05, 4.69) is 19.2 Å². The summed E-state index contributed by atoms with van der Waals surface area (Å²) in [6, 6.07) is 12.2. The van der Waals surface area contributed by atoms with Crippen molar-refractivity contribution in [2.75, 3.05) is 10.6 Å². The zero-order chi connectivity index (χ0) is 23.7. The van der Waals surface area contributed by atoms with Crippen LogP contribution in [0.25, 0.3) is 11.1 Å². The normalized spacial score (nSPS) is 19.2. The summed E-state index contributed by atoms with van der Waals surface area (Å²) in [5.41, 5.74) is 9.76. The Balaban J connectivity index is 1.76. The molecule has 1 saturated carbocycles. The van der Waals surface area contributed by atoms with Crippen LogP contribution in [0, 0.1) is 11.8 Å². The molecule has 0 bridgehead atoms. The molecule has 2 unspecified atom stereocenters. The standard InChI is InChI=1S/C27H33N3O3/c1-4-16(2)14-22(29-24(31)15-18-12-13-18)27(33)30-23-11-7-10-21(28)25(23)20-9-6-5-8-19(20)17(3)26(30)32/h5-11,16-18,22H,4,12-15,28H2,1-3H3,(H,29,31)/t16?,17?,22-/m0/s1. The van der Waals surface area contributed by atoms with Gasteiger partial charge in [0.25, 0.3) is 5.91 Å². The molecule has 0 saturated heterocycles. The number of imide groups is 1. The van der Waals surface area contributed by atoms with Crippen LogP contribution in [0.2, 0.25) is 0 Å². The van der Waals surface area contributed by atoms with Gasteiger partial charge in [-0.2, -0.15) is 0 Å². The summed E-state index contributed by atoms with van der Waals surface area (Å²) in [5, 5.41) is 2.96. The SMILES string of the molecule is CCC(C)C[C@H](NC(=O)CC1CC1)C(=O)N1C(=O)C(C)c2ccccc2-c2c(N)cccc21. The van der Waals surface area contributed by atoms with Crippen LogP contribution in [0.15, 0.2) is 42.5 Å². The summed E-state index contributed by atoms with van der Waals surface area (Å²) in [6.45, 7) is 5.94. The van der Waals surface area contributed by atoms with Crippen LogP contribution in [0.1, 0.15) is 64.4 Å². The lowest BCUT2D eigenvalue weighted by molar-refractivity contribution is -0.132. The smallest absolute Gasteiger partial charge is 0.256 e. The molecule has 0 aromatic heterocycles. The predicted molar refractivity (Wildman–Crippen MR) is 131 cm³/mol. The lowest BCUT2D eigenvalue weighted by atomic mass is 9.92. The van der Waals surface area contributed by atoms with Gasteiger partial charge in [0, 0.05) is 17.7 Å². The lowest BCUT2D eigenvalue weighted by Gasteiger charge is -2.29. The fourth-order valence-corrected chi connectivity index (χ4v) is 4.60. The first-order chi connectivity index (χ1) is 15.8. The van der Waals surface area contributed by atoms with Crippen LogP contribution in [0.3, 0.4) is 0 Å². The molecule has 0 radical (unpaired) electrons. The Labute approximate surface area is 195 Å². The van der Waals surface area contributed by atoms with E-state index in [9.17, 15) is 14.4 Å². The molecule has 2 aromatic rings. The van der Waals surface area contributed by atoms with Crippen molar-refractivity contribution in [2.45, 2.75) is 64.8 Å². The molecule has 0 spiro atoms. The number of rotatable bonds is 7. The van der Waals surface area contributed by atoms with E-state index >= 15 is 0 Å². The van der Waals surface area contributed by atoms with Gasteiger partial charge < -0.3 is 11.1 Å². The van der Waals surface area contributed by atoms with Gasteiger partial charge >= 0.3 is 0 Å². The molecule has 6 nitrogen and oxygen atoms in total. The van der Waals surface area contributed by atoms with Crippen molar-refractivity contribution in [3.8, 4) is 11.1 Å². The van der Waals surface area contributed by atoms with Gasteiger partial charge in [-0.25, -0.2) is 4.90 Å². The summed E-state index contributed by atoms with van der Waals surface area (Å²) in [6.07, 6.45) is 3.91. The van der Waals surface area contributed by atoms with Crippen molar-refractivity contribution in [3.05, 3.63) is 48.0 Å². The second-order valence-corrected chi connectivity index (χ2v) is 9.58. The number of hydrogen-bond donors (Lipinski definition) is 2. The maximum absolute atomic E-state index is 14.0. The molecule has 3 amide bonds. The van der Waals surface area contributed by atoms with Crippen molar-refractivity contribution in [2.24, 2.45) is 11.8 Å². The Kier molecular flexibility index (Phi) is 6.54. The minimum Gasteiger partial charge on any atom is -0.398 e. The highest BCUT2D eigenvalue weighted by atomic mass is 16.2. The van der Waals surface area contributed by atoms with Gasteiger partial charge in [-0.15, -0.1) is 0 Å². The van der Waals surface area contributed by atoms with E-state index in [-0.39, 0.29) is 17.7 Å². The van der Waals surface area contributed by atoms with Gasteiger partial charge in [-0.05, 0) is 61.3 Å². The zero-order valence-corrected chi connectivity index (χ0v) is 19.6. The highest BCUT2D eigenvalue weighted by Crippen LogP contribution is 2.44. The molecule has 1 aliphatic heterocycles. The molecule has 2 aromatic carbocycles. The van der Waals surface area contributed by atoms with Crippen LogP contribution < -0.4 is 16.0 Å². The third-order valence-electron chi connectivity index (χ3n) is 6.96. The molecule has 174 valence electrons. The number of amides is 3. The fourth-order valence-electron chi connectivity index (χ4n) is 4.60. The van der Waals surface area contributed by atoms with E-state index in [1.165, 1.54) is 4.90 Å². The van der Waals surface area contributed by atoms with Crippen LogP contribution in [0.4, 0.5) is 11.4 Å². The molecule has 1 fully saturated rings. The predicted octanol–water partition coefficient (Wildman–Crippen LogP) is 4.63. The molecule has 4 rings (SSSR count). The largest absolute Gasteiger partial charge is 0.398 e. The molecule has 1 heterocycles. The molecule has 1 aliphatic carbocycles. The second kappa shape index (κ2) is 9.38. The molecule has 6 heteroatoms. The van der Waals surface area contributed by atoms with Gasteiger partial charge in [0.2, 0.25) is 11.8 Å². The molecule has 3 N–H and O–H groups in total. The number of nitrogens with two attached hydrogens (primary N) is 1. The molecule has 3 atom stereocenters. The fraction of sp³-hybridized carbons (Fsp3) is 0.444. The van der Waals surface area contributed by atoms with Crippen LogP contribution >= 0.6 is 0 Å².